The lowest BCUT2D eigenvalue weighted by molar-refractivity contribution is -0.147. The number of ether oxygens (including phenoxy) is 2. The summed E-state index contributed by atoms with van der Waals surface area (Å²) in [7, 11) is 0. The number of esters is 1. The second kappa shape index (κ2) is 14.3. The smallest absolute Gasteiger partial charge is 0.410 e. The van der Waals surface area contributed by atoms with Gasteiger partial charge in [-0.15, -0.1) is 0 Å². The largest absolute Gasteiger partial charge is 0.460 e. The summed E-state index contributed by atoms with van der Waals surface area (Å²) >= 11 is 0. The van der Waals surface area contributed by atoms with Crippen LogP contribution in [0, 0.1) is 0 Å². The van der Waals surface area contributed by atoms with Crippen LogP contribution in [0.15, 0.2) is 60.7 Å². The van der Waals surface area contributed by atoms with Gasteiger partial charge in [0.05, 0.1) is 6.54 Å². The van der Waals surface area contributed by atoms with Gasteiger partial charge in [0, 0.05) is 52.4 Å². The van der Waals surface area contributed by atoms with Gasteiger partial charge >= 0.3 is 12.1 Å². The van der Waals surface area contributed by atoms with Crippen molar-refractivity contribution in [1.82, 2.24) is 25.1 Å². The topological polar surface area (TPSA) is 112 Å². The average molecular weight is 538 g/mol. The number of nitrogens with zero attached hydrogens (tertiary/aromatic N) is 4. The molecular formula is C28H35N5O6. The standard InChI is InChI=1S/C28H35N5O6/c34-25(29-33-17-15-32(16-18-33)28(37)39-22-24-9-5-2-6-10-24)19-26(35)31-13-11-30(12-14-31)20-27(36)38-21-23-7-3-1-4-8-23/h1-10H,11-22H2,(H,29,34). The summed E-state index contributed by atoms with van der Waals surface area (Å²) in [5.74, 6) is -0.934. The SMILES string of the molecule is O=C(CC(=O)N1CCN(CC(=O)OCc2ccccc2)CC1)NN1CCN(C(=O)OCc2ccccc2)CC1. The fourth-order valence-electron chi connectivity index (χ4n) is 4.40. The van der Waals surface area contributed by atoms with Gasteiger partial charge in [0.15, 0.2) is 0 Å². The Kier molecular flexibility index (Phi) is 10.3. The molecule has 0 unspecified atom stereocenters. The van der Waals surface area contributed by atoms with E-state index in [1.54, 1.807) is 14.8 Å². The molecule has 0 aliphatic carbocycles. The van der Waals surface area contributed by atoms with Crippen LogP contribution in [0.1, 0.15) is 17.5 Å². The number of hydrogen-bond acceptors (Lipinski definition) is 8. The van der Waals surface area contributed by atoms with Crippen molar-refractivity contribution in [2.45, 2.75) is 19.6 Å². The lowest BCUT2D eigenvalue weighted by Crippen LogP contribution is -2.55. The fourth-order valence-corrected chi connectivity index (χ4v) is 4.40. The van der Waals surface area contributed by atoms with E-state index in [2.05, 4.69) is 5.43 Å². The Morgan fingerprint density at radius 2 is 1.21 bits per heavy atom. The van der Waals surface area contributed by atoms with Crippen LogP contribution in [0.4, 0.5) is 4.79 Å². The van der Waals surface area contributed by atoms with E-state index in [0.29, 0.717) is 52.4 Å². The molecule has 0 saturated carbocycles. The number of piperazine rings is 2. The number of hydrogen-bond donors (Lipinski definition) is 1. The van der Waals surface area contributed by atoms with Gasteiger partial charge < -0.3 is 19.3 Å². The minimum Gasteiger partial charge on any atom is -0.460 e. The Hall–Kier alpha value is -3.96. The molecule has 2 fully saturated rings. The van der Waals surface area contributed by atoms with E-state index in [1.165, 1.54) is 0 Å². The predicted molar refractivity (Wildman–Crippen MR) is 142 cm³/mol. The highest BCUT2D eigenvalue weighted by Crippen LogP contribution is 2.08. The molecule has 0 bridgehead atoms. The van der Waals surface area contributed by atoms with E-state index < -0.39 is 0 Å². The highest BCUT2D eigenvalue weighted by Gasteiger charge is 2.26. The van der Waals surface area contributed by atoms with Gasteiger partial charge in [-0.2, -0.15) is 0 Å². The third-order valence-electron chi connectivity index (χ3n) is 6.66. The van der Waals surface area contributed by atoms with Crippen molar-refractivity contribution in [3.05, 3.63) is 71.8 Å². The molecule has 2 heterocycles. The van der Waals surface area contributed by atoms with Gasteiger partial charge in [-0.05, 0) is 11.1 Å². The Morgan fingerprint density at radius 3 is 1.79 bits per heavy atom. The van der Waals surface area contributed by atoms with Gasteiger partial charge in [0.25, 0.3) is 0 Å². The van der Waals surface area contributed by atoms with Crippen LogP contribution in [0.3, 0.4) is 0 Å². The molecule has 11 heteroatoms. The third-order valence-corrected chi connectivity index (χ3v) is 6.66. The lowest BCUT2D eigenvalue weighted by Gasteiger charge is -2.35. The molecule has 3 amide bonds. The zero-order valence-electron chi connectivity index (χ0n) is 22.0. The van der Waals surface area contributed by atoms with E-state index in [1.807, 2.05) is 65.6 Å². The second-order valence-electron chi connectivity index (χ2n) is 9.53. The van der Waals surface area contributed by atoms with Gasteiger partial charge in [-0.3, -0.25) is 24.7 Å². The summed E-state index contributed by atoms with van der Waals surface area (Å²) < 4.78 is 10.7. The number of benzene rings is 2. The minimum atomic E-state index is -0.386. The maximum absolute atomic E-state index is 12.6. The molecule has 2 aliphatic heterocycles. The maximum atomic E-state index is 12.6. The first-order valence-corrected chi connectivity index (χ1v) is 13.2. The molecule has 2 aromatic carbocycles. The van der Waals surface area contributed by atoms with Crippen molar-refractivity contribution in [3.8, 4) is 0 Å². The first-order valence-electron chi connectivity index (χ1n) is 13.2. The van der Waals surface area contributed by atoms with Crippen molar-refractivity contribution in [2.24, 2.45) is 0 Å². The van der Waals surface area contributed by atoms with Gasteiger partial charge in [0.1, 0.15) is 19.6 Å². The molecule has 11 nitrogen and oxygen atoms in total. The van der Waals surface area contributed by atoms with Crippen molar-refractivity contribution >= 4 is 23.9 Å². The number of carbonyl (C=O) groups excluding carboxylic acids is 4. The normalized spacial score (nSPS) is 16.4. The van der Waals surface area contributed by atoms with E-state index in [4.69, 9.17) is 9.47 Å². The molecule has 39 heavy (non-hydrogen) atoms. The second-order valence-corrected chi connectivity index (χ2v) is 9.53. The Bertz CT molecular complexity index is 1100. The predicted octanol–water partition coefficient (Wildman–Crippen LogP) is 1.25. The van der Waals surface area contributed by atoms with E-state index >= 15 is 0 Å². The molecule has 0 radical (unpaired) electrons. The minimum absolute atomic E-state index is 0.168. The molecular weight excluding hydrogens is 502 g/mol. The van der Waals surface area contributed by atoms with E-state index in [0.717, 1.165) is 11.1 Å². The Labute approximate surface area is 228 Å². The molecule has 0 aromatic heterocycles. The summed E-state index contributed by atoms with van der Waals surface area (Å²) in [5.41, 5.74) is 4.62. The van der Waals surface area contributed by atoms with Crippen LogP contribution in [0.5, 0.6) is 0 Å². The zero-order valence-corrected chi connectivity index (χ0v) is 22.0. The van der Waals surface area contributed by atoms with Crippen LogP contribution >= 0.6 is 0 Å². The van der Waals surface area contributed by atoms with Crippen LogP contribution in [-0.4, -0.2) is 102 Å². The molecule has 0 spiro atoms. The van der Waals surface area contributed by atoms with Crippen molar-refractivity contribution in [3.63, 3.8) is 0 Å². The quantitative estimate of drug-likeness (QED) is 0.376. The fraction of sp³-hybridized carbons (Fsp3) is 0.429. The summed E-state index contributed by atoms with van der Waals surface area (Å²) in [4.78, 5) is 54.8. The third kappa shape index (κ3) is 9.08. The lowest BCUT2D eigenvalue weighted by atomic mass is 10.2. The molecule has 2 saturated heterocycles. The molecule has 2 aliphatic rings. The Morgan fingerprint density at radius 1 is 0.667 bits per heavy atom. The zero-order chi connectivity index (χ0) is 27.5. The average Bonchev–Trinajstić information content (AvgIpc) is 2.96. The van der Waals surface area contributed by atoms with Crippen LogP contribution in [-0.2, 0) is 37.1 Å². The van der Waals surface area contributed by atoms with Gasteiger partial charge in [-0.25, -0.2) is 9.80 Å². The van der Waals surface area contributed by atoms with Crippen LogP contribution in [0.2, 0.25) is 0 Å². The number of rotatable bonds is 9. The van der Waals surface area contributed by atoms with Crippen LogP contribution in [0.25, 0.3) is 0 Å². The van der Waals surface area contributed by atoms with Crippen molar-refractivity contribution < 1.29 is 28.7 Å². The molecule has 208 valence electrons. The van der Waals surface area contributed by atoms with Gasteiger partial charge in [-0.1, -0.05) is 60.7 Å². The number of carbonyl (C=O) groups is 4. The summed E-state index contributed by atoms with van der Waals surface area (Å²) in [6.45, 7) is 4.30. The summed E-state index contributed by atoms with van der Waals surface area (Å²) in [6, 6.07) is 19.0. The number of nitrogens with one attached hydrogen (secondary N) is 1. The van der Waals surface area contributed by atoms with Crippen molar-refractivity contribution in [1.29, 1.82) is 0 Å². The summed E-state index contributed by atoms with van der Waals surface area (Å²) in [6.07, 6.45) is -0.637. The first kappa shape index (κ1) is 28.1. The summed E-state index contributed by atoms with van der Waals surface area (Å²) in [5, 5.41) is 1.72. The highest BCUT2D eigenvalue weighted by atomic mass is 16.6. The number of hydrazine groups is 1. The number of amides is 3. The Balaban J connectivity index is 1.08. The molecule has 2 aromatic rings. The molecule has 0 atom stereocenters. The molecule has 4 rings (SSSR count). The van der Waals surface area contributed by atoms with E-state index in [9.17, 15) is 19.2 Å². The van der Waals surface area contributed by atoms with Gasteiger partial charge in [0.2, 0.25) is 11.8 Å². The van der Waals surface area contributed by atoms with Crippen molar-refractivity contribution in [2.75, 3.05) is 58.9 Å². The highest BCUT2D eigenvalue weighted by molar-refractivity contribution is 5.96. The van der Waals surface area contributed by atoms with E-state index in [-0.39, 0.29) is 50.1 Å². The maximum Gasteiger partial charge on any atom is 0.410 e. The monoisotopic (exact) mass is 537 g/mol. The molecule has 1 N–H and O–H groups in total. The van der Waals surface area contributed by atoms with Crippen LogP contribution < -0.4 is 5.43 Å². The first-order chi connectivity index (χ1) is 19.0.